The minimum atomic E-state index is -0.457. The molecule has 6 heteroatoms. The third kappa shape index (κ3) is 10.1. The predicted molar refractivity (Wildman–Crippen MR) is 111 cm³/mol. The third-order valence-electron chi connectivity index (χ3n) is 4.86. The van der Waals surface area contributed by atoms with E-state index in [4.69, 9.17) is 0 Å². The molecule has 0 aliphatic carbocycles. The van der Waals surface area contributed by atoms with E-state index in [1.165, 1.54) is 6.92 Å². The van der Waals surface area contributed by atoms with Crippen LogP contribution in [-0.4, -0.2) is 55.6 Å². The van der Waals surface area contributed by atoms with Gasteiger partial charge in [0.15, 0.2) is 11.6 Å². The first-order valence-electron chi connectivity index (χ1n) is 10.1. The molecule has 27 heavy (non-hydrogen) atoms. The molecule has 0 saturated carbocycles. The monoisotopic (exact) mass is 383 g/mol. The Morgan fingerprint density at radius 3 is 1.85 bits per heavy atom. The topological polar surface area (TPSA) is 87.3 Å². The highest BCUT2D eigenvalue weighted by atomic mass is 16.1. The van der Waals surface area contributed by atoms with E-state index in [9.17, 15) is 14.4 Å². The number of nitrogens with one attached hydrogen (secondary N) is 3. The number of hydrogen-bond donors (Lipinski definition) is 3. The minimum Gasteiger partial charge on any atom is -0.311 e. The number of carbonyl (C=O) groups excluding carboxylic acids is 3. The Morgan fingerprint density at radius 1 is 0.889 bits per heavy atom. The molecule has 6 nitrogen and oxygen atoms in total. The zero-order valence-corrected chi connectivity index (χ0v) is 18.6. The second-order valence-electron chi connectivity index (χ2n) is 8.88. The van der Waals surface area contributed by atoms with Gasteiger partial charge in [-0.2, -0.15) is 0 Å². The second kappa shape index (κ2) is 12.4. The molecule has 0 aromatic heterocycles. The smallest absolute Gasteiger partial charge is 0.164 e. The van der Waals surface area contributed by atoms with E-state index in [1.807, 2.05) is 27.7 Å². The molecule has 0 heterocycles. The summed E-state index contributed by atoms with van der Waals surface area (Å²) >= 11 is 0. The van der Waals surface area contributed by atoms with Gasteiger partial charge in [0.2, 0.25) is 0 Å². The van der Waals surface area contributed by atoms with Crippen LogP contribution in [0, 0.1) is 11.3 Å². The van der Waals surface area contributed by atoms with Crippen LogP contribution in [-0.2, 0) is 14.4 Å². The third-order valence-corrected chi connectivity index (χ3v) is 4.86. The Hall–Kier alpha value is -1.11. The molecule has 0 aliphatic heterocycles. The van der Waals surface area contributed by atoms with Crippen molar-refractivity contribution in [2.45, 2.75) is 85.9 Å². The lowest BCUT2D eigenvalue weighted by atomic mass is 9.83. The van der Waals surface area contributed by atoms with Crippen LogP contribution in [0.5, 0.6) is 0 Å². The minimum absolute atomic E-state index is 0.0295. The summed E-state index contributed by atoms with van der Waals surface area (Å²) in [5.74, 6) is 0.619. The Kier molecular flexibility index (Phi) is 11.9. The summed E-state index contributed by atoms with van der Waals surface area (Å²) in [5, 5.41) is 9.29. The Bertz CT molecular complexity index is 484. The fourth-order valence-electron chi connectivity index (χ4n) is 3.10. The molecular weight excluding hydrogens is 342 g/mol. The highest BCUT2D eigenvalue weighted by Gasteiger charge is 2.32. The summed E-state index contributed by atoms with van der Waals surface area (Å²) in [4.78, 5) is 36.8. The highest BCUT2D eigenvalue weighted by molar-refractivity contribution is 5.90. The molecule has 0 aliphatic rings. The van der Waals surface area contributed by atoms with Crippen molar-refractivity contribution < 1.29 is 14.4 Å². The Balaban J connectivity index is 4.85. The van der Waals surface area contributed by atoms with Gasteiger partial charge in [-0.25, -0.2) is 0 Å². The molecule has 0 unspecified atom stereocenters. The maximum Gasteiger partial charge on any atom is 0.164 e. The zero-order valence-electron chi connectivity index (χ0n) is 18.6. The lowest BCUT2D eigenvalue weighted by molar-refractivity contribution is -0.124. The molecule has 0 aromatic rings. The number of likely N-dealkylation sites (N-methyl/N-ethyl adjacent to an activating group) is 1. The van der Waals surface area contributed by atoms with Crippen molar-refractivity contribution in [3.63, 3.8) is 0 Å². The molecule has 0 rings (SSSR count). The molecule has 0 aromatic carbocycles. The van der Waals surface area contributed by atoms with Gasteiger partial charge >= 0.3 is 0 Å². The standard InChI is InChI=1S/C21H41N3O3/c1-9-16(15(4)25)23-13-19(27)20(21(5,6)7)24-12-18(26)17(22-8)11-10-14(2)3/h14,16-17,20,22-24H,9-13H2,1-8H3/t16-,17-,20+/m0/s1. The normalized spacial score (nSPS) is 15.4. The predicted octanol–water partition coefficient (Wildman–Crippen LogP) is 2.11. The highest BCUT2D eigenvalue weighted by Crippen LogP contribution is 2.20. The van der Waals surface area contributed by atoms with Crippen molar-refractivity contribution in [2.75, 3.05) is 20.1 Å². The van der Waals surface area contributed by atoms with E-state index < -0.39 is 6.04 Å². The lowest BCUT2D eigenvalue weighted by Gasteiger charge is -2.31. The molecular formula is C21H41N3O3. The average molecular weight is 384 g/mol. The van der Waals surface area contributed by atoms with E-state index >= 15 is 0 Å². The van der Waals surface area contributed by atoms with Crippen LogP contribution in [0.15, 0.2) is 0 Å². The van der Waals surface area contributed by atoms with Gasteiger partial charge in [-0.15, -0.1) is 0 Å². The SMILES string of the molecule is CC[C@H](NCC(=O)[C@@H](NCC(=O)[C@H](CCC(C)C)NC)C(C)(C)C)C(C)=O. The number of Topliss-reactive ketones (excluding diaryl/α,β-unsaturated/α-hetero) is 3. The molecule has 158 valence electrons. The van der Waals surface area contributed by atoms with Crippen molar-refractivity contribution >= 4 is 17.3 Å². The van der Waals surface area contributed by atoms with Gasteiger partial charge in [-0.3, -0.25) is 14.4 Å². The van der Waals surface area contributed by atoms with Crippen molar-refractivity contribution in [3.05, 3.63) is 0 Å². The molecule has 0 spiro atoms. The van der Waals surface area contributed by atoms with E-state index in [1.54, 1.807) is 7.05 Å². The van der Waals surface area contributed by atoms with Gasteiger partial charge in [0.1, 0.15) is 5.78 Å². The van der Waals surface area contributed by atoms with Crippen LogP contribution in [0.3, 0.4) is 0 Å². The summed E-state index contributed by atoms with van der Waals surface area (Å²) in [6, 6.07) is -0.960. The van der Waals surface area contributed by atoms with E-state index in [-0.39, 0.29) is 47.9 Å². The molecule has 0 saturated heterocycles. The largest absolute Gasteiger partial charge is 0.311 e. The first-order valence-corrected chi connectivity index (χ1v) is 10.1. The molecule has 0 bridgehead atoms. The molecule has 0 radical (unpaired) electrons. The van der Waals surface area contributed by atoms with Crippen LogP contribution < -0.4 is 16.0 Å². The molecule has 3 N–H and O–H groups in total. The van der Waals surface area contributed by atoms with Crippen molar-refractivity contribution in [1.82, 2.24) is 16.0 Å². The molecule has 3 atom stereocenters. The average Bonchev–Trinajstić information content (AvgIpc) is 2.54. The zero-order chi connectivity index (χ0) is 21.2. The first kappa shape index (κ1) is 25.9. The van der Waals surface area contributed by atoms with Gasteiger partial charge in [-0.05, 0) is 44.6 Å². The van der Waals surface area contributed by atoms with Crippen LogP contribution in [0.4, 0.5) is 0 Å². The summed E-state index contributed by atoms with van der Waals surface area (Å²) in [5.41, 5.74) is -0.329. The van der Waals surface area contributed by atoms with Gasteiger partial charge in [0.05, 0.1) is 31.2 Å². The van der Waals surface area contributed by atoms with E-state index in [0.717, 1.165) is 12.8 Å². The molecule has 0 fully saturated rings. The van der Waals surface area contributed by atoms with E-state index in [2.05, 4.69) is 29.8 Å². The van der Waals surface area contributed by atoms with Crippen molar-refractivity contribution in [1.29, 1.82) is 0 Å². The van der Waals surface area contributed by atoms with Gasteiger partial charge in [-0.1, -0.05) is 41.5 Å². The van der Waals surface area contributed by atoms with Crippen LogP contribution in [0.25, 0.3) is 0 Å². The number of hydrogen-bond acceptors (Lipinski definition) is 6. The van der Waals surface area contributed by atoms with E-state index in [0.29, 0.717) is 12.3 Å². The number of rotatable bonds is 14. The van der Waals surface area contributed by atoms with Gasteiger partial charge in [0, 0.05) is 0 Å². The van der Waals surface area contributed by atoms with Crippen molar-refractivity contribution in [2.24, 2.45) is 11.3 Å². The fraction of sp³-hybridized carbons (Fsp3) is 0.857. The summed E-state index contributed by atoms with van der Waals surface area (Å²) in [6.07, 6.45) is 2.42. The second-order valence-corrected chi connectivity index (χ2v) is 8.88. The van der Waals surface area contributed by atoms with Crippen LogP contribution >= 0.6 is 0 Å². The molecule has 0 amide bonds. The first-order chi connectivity index (χ1) is 12.4. The van der Waals surface area contributed by atoms with Crippen LogP contribution in [0.2, 0.25) is 0 Å². The summed E-state index contributed by atoms with van der Waals surface area (Å²) in [6.45, 7) is 13.9. The summed E-state index contributed by atoms with van der Waals surface area (Å²) in [7, 11) is 1.80. The van der Waals surface area contributed by atoms with Gasteiger partial charge < -0.3 is 16.0 Å². The van der Waals surface area contributed by atoms with Gasteiger partial charge in [0.25, 0.3) is 0 Å². The maximum atomic E-state index is 12.7. The Morgan fingerprint density at radius 2 is 1.44 bits per heavy atom. The number of ketones is 3. The Labute approximate surface area is 165 Å². The quantitative estimate of drug-likeness (QED) is 0.426. The fourth-order valence-corrected chi connectivity index (χ4v) is 3.10. The number of carbonyl (C=O) groups is 3. The lowest BCUT2D eigenvalue weighted by Crippen LogP contribution is -2.53. The maximum absolute atomic E-state index is 12.7. The van der Waals surface area contributed by atoms with Crippen molar-refractivity contribution in [3.8, 4) is 0 Å². The van der Waals surface area contributed by atoms with Crippen LogP contribution in [0.1, 0.15) is 67.7 Å². The summed E-state index contributed by atoms with van der Waals surface area (Å²) < 4.78 is 0.